The molecular formula is C21H22N2O5. The smallest absolute Gasteiger partial charge is 0.330 e. The molecule has 2 unspecified atom stereocenters. The Labute approximate surface area is 162 Å². The molecule has 146 valence electrons. The molecule has 0 saturated carbocycles. The van der Waals surface area contributed by atoms with E-state index in [1.165, 1.54) is 6.92 Å². The number of hydrogen-bond acceptors (Lipinski definition) is 4. The summed E-state index contributed by atoms with van der Waals surface area (Å²) in [5.74, 6) is -1.14. The van der Waals surface area contributed by atoms with Crippen molar-refractivity contribution in [2.45, 2.75) is 31.8 Å². The second-order valence-corrected chi connectivity index (χ2v) is 6.67. The summed E-state index contributed by atoms with van der Waals surface area (Å²) in [5, 5.41) is 14.9. The zero-order chi connectivity index (χ0) is 20.1. The van der Waals surface area contributed by atoms with Gasteiger partial charge in [-0.05, 0) is 28.8 Å². The maximum absolute atomic E-state index is 12.6. The van der Waals surface area contributed by atoms with E-state index >= 15 is 0 Å². The quantitative estimate of drug-likeness (QED) is 0.680. The number of carbonyl (C=O) groups excluding carboxylic acids is 2. The Morgan fingerprint density at radius 2 is 1.82 bits per heavy atom. The lowest BCUT2D eigenvalue weighted by Crippen LogP contribution is -2.37. The third kappa shape index (κ3) is 4.68. The van der Waals surface area contributed by atoms with E-state index in [2.05, 4.69) is 10.6 Å². The molecule has 1 aliphatic rings. The zero-order valence-electron chi connectivity index (χ0n) is 15.5. The van der Waals surface area contributed by atoms with Gasteiger partial charge in [0, 0.05) is 13.3 Å². The number of benzene rings is 2. The fraction of sp³-hybridized carbons (Fsp3) is 0.286. The van der Waals surface area contributed by atoms with Gasteiger partial charge >= 0.3 is 5.97 Å². The van der Waals surface area contributed by atoms with Gasteiger partial charge in [-0.25, -0.2) is 4.79 Å². The van der Waals surface area contributed by atoms with Crippen molar-refractivity contribution in [3.63, 3.8) is 0 Å². The molecule has 2 atom stereocenters. The molecule has 2 aromatic rings. The van der Waals surface area contributed by atoms with Crippen molar-refractivity contribution in [3.8, 4) is 5.75 Å². The van der Waals surface area contributed by atoms with Gasteiger partial charge in [0.1, 0.15) is 5.75 Å². The number of carboxylic acids is 1. The van der Waals surface area contributed by atoms with Crippen LogP contribution >= 0.6 is 0 Å². The molecule has 0 radical (unpaired) electrons. The van der Waals surface area contributed by atoms with Gasteiger partial charge in [0.15, 0.2) is 6.04 Å². The predicted octanol–water partition coefficient (Wildman–Crippen LogP) is 2.13. The van der Waals surface area contributed by atoms with E-state index in [9.17, 15) is 19.5 Å². The van der Waals surface area contributed by atoms with Crippen molar-refractivity contribution in [1.82, 2.24) is 10.6 Å². The summed E-state index contributed by atoms with van der Waals surface area (Å²) in [6, 6.07) is 12.5. The first-order valence-corrected chi connectivity index (χ1v) is 9.04. The molecule has 0 aliphatic carbocycles. The van der Waals surface area contributed by atoms with E-state index in [0.29, 0.717) is 18.6 Å². The molecule has 2 amide bonds. The summed E-state index contributed by atoms with van der Waals surface area (Å²) in [6.45, 7) is 1.94. The van der Waals surface area contributed by atoms with E-state index in [0.717, 1.165) is 16.9 Å². The van der Waals surface area contributed by atoms with Gasteiger partial charge < -0.3 is 20.5 Å². The highest BCUT2D eigenvalue weighted by atomic mass is 16.5. The van der Waals surface area contributed by atoms with E-state index in [4.69, 9.17) is 4.74 Å². The van der Waals surface area contributed by atoms with Gasteiger partial charge in [-0.2, -0.15) is 0 Å². The Bertz CT molecular complexity index is 882. The van der Waals surface area contributed by atoms with Crippen molar-refractivity contribution in [1.29, 1.82) is 0 Å². The van der Waals surface area contributed by atoms with Crippen molar-refractivity contribution in [2.75, 3.05) is 6.61 Å². The number of carboxylic acid groups (broad SMARTS) is 1. The second-order valence-electron chi connectivity index (χ2n) is 6.67. The average Bonchev–Trinajstić information content (AvgIpc) is 3.13. The fourth-order valence-electron chi connectivity index (χ4n) is 3.26. The van der Waals surface area contributed by atoms with Crippen molar-refractivity contribution in [2.24, 2.45) is 0 Å². The Kier molecular flexibility index (Phi) is 5.93. The van der Waals surface area contributed by atoms with E-state index in [1.807, 2.05) is 30.3 Å². The maximum atomic E-state index is 12.6. The molecule has 1 aliphatic heterocycles. The largest absolute Gasteiger partial charge is 0.493 e. The number of carbonyl (C=O) groups is 3. The van der Waals surface area contributed by atoms with Crippen LogP contribution in [-0.4, -0.2) is 29.5 Å². The monoisotopic (exact) mass is 382 g/mol. The van der Waals surface area contributed by atoms with Crippen LogP contribution in [0.2, 0.25) is 0 Å². The molecule has 0 saturated heterocycles. The Balaban J connectivity index is 1.74. The van der Waals surface area contributed by atoms with Gasteiger partial charge in [-0.15, -0.1) is 0 Å². The van der Waals surface area contributed by atoms with Crippen LogP contribution in [0.3, 0.4) is 0 Å². The normalized spacial score (nSPS) is 14.3. The lowest BCUT2D eigenvalue weighted by atomic mass is 10.0. The highest BCUT2D eigenvalue weighted by Gasteiger charge is 2.26. The zero-order valence-corrected chi connectivity index (χ0v) is 15.5. The molecule has 0 fully saturated rings. The lowest BCUT2D eigenvalue weighted by Gasteiger charge is -2.20. The number of ether oxygens (including phenoxy) is 1. The van der Waals surface area contributed by atoms with Crippen molar-refractivity contribution >= 4 is 17.8 Å². The molecule has 0 spiro atoms. The first-order valence-electron chi connectivity index (χ1n) is 9.04. The van der Waals surface area contributed by atoms with Crippen LogP contribution in [0.4, 0.5) is 0 Å². The third-order valence-electron chi connectivity index (χ3n) is 4.57. The van der Waals surface area contributed by atoms with Crippen molar-refractivity contribution in [3.05, 3.63) is 65.2 Å². The molecular weight excluding hydrogens is 360 g/mol. The molecule has 2 aromatic carbocycles. The van der Waals surface area contributed by atoms with E-state index in [1.54, 1.807) is 18.2 Å². The minimum absolute atomic E-state index is 0.0680. The Morgan fingerprint density at radius 3 is 2.50 bits per heavy atom. The summed E-state index contributed by atoms with van der Waals surface area (Å²) in [4.78, 5) is 35.9. The number of aliphatic carboxylic acids is 1. The summed E-state index contributed by atoms with van der Waals surface area (Å²) in [7, 11) is 0. The lowest BCUT2D eigenvalue weighted by molar-refractivity contribution is -0.142. The molecule has 0 aromatic heterocycles. The topological polar surface area (TPSA) is 105 Å². The molecule has 7 nitrogen and oxygen atoms in total. The molecule has 7 heteroatoms. The SMILES string of the molecule is CC(=O)NC(CC(=O)NC(C(=O)O)c1ccc2c(c1)CCO2)c1ccccc1. The molecule has 3 rings (SSSR count). The van der Waals surface area contributed by atoms with Crippen LogP contribution in [-0.2, 0) is 20.8 Å². The number of rotatable bonds is 7. The summed E-state index contributed by atoms with van der Waals surface area (Å²) in [6.07, 6.45) is 0.642. The number of hydrogen-bond donors (Lipinski definition) is 3. The van der Waals surface area contributed by atoms with Gasteiger partial charge in [-0.1, -0.05) is 36.4 Å². The van der Waals surface area contributed by atoms with Gasteiger partial charge in [0.25, 0.3) is 0 Å². The van der Waals surface area contributed by atoms with Crippen LogP contribution < -0.4 is 15.4 Å². The van der Waals surface area contributed by atoms with Crippen LogP contribution in [0.5, 0.6) is 5.75 Å². The molecule has 1 heterocycles. The van der Waals surface area contributed by atoms with Crippen LogP contribution in [0, 0.1) is 0 Å². The summed E-state index contributed by atoms with van der Waals surface area (Å²) >= 11 is 0. The average molecular weight is 382 g/mol. The molecule has 3 N–H and O–H groups in total. The molecule has 28 heavy (non-hydrogen) atoms. The first-order chi connectivity index (χ1) is 13.4. The number of amides is 2. The Hall–Kier alpha value is -3.35. The van der Waals surface area contributed by atoms with Gasteiger partial charge in [0.05, 0.1) is 19.1 Å². The first kappa shape index (κ1) is 19.4. The summed E-state index contributed by atoms with van der Waals surface area (Å²) in [5.41, 5.74) is 2.19. The van der Waals surface area contributed by atoms with Crippen LogP contribution in [0.25, 0.3) is 0 Å². The predicted molar refractivity (Wildman–Crippen MR) is 102 cm³/mol. The third-order valence-corrected chi connectivity index (χ3v) is 4.57. The number of fused-ring (bicyclic) bond motifs is 1. The maximum Gasteiger partial charge on any atom is 0.330 e. The summed E-state index contributed by atoms with van der Waals surface area (Å²) < 4.78 is 5.44. The van der Waals surface area contributed by atoms with Gasteiger partial charge in [-0.3, -0.25) is 9.59 Å². The van der Waals surface area contributed by atoms with E-state index in [-0.39, 0.29) is 12.3 Å². The van der Waals surface area contributed by atoms with E-state index < -0.39 is 24.0 Å². The number of nitrogens with one attached hydrogen (secondary N) is 2. The fourth-order valence-corrected chi connectivity index (χ4v) is 3.26. The molecule has 0 bridgehead atoms. The van der Waals surface area contributed by atoms with Crippen molar-refractivity contribution < 1.29 is 24.2 Å². The Morgan fingerprint density at radius 1 is 1.07 bits per heavy atom. The minimum atomic E-state index is -1.17. The van der Waals surface area contributed by atoms with Crippen LogP contribution in [0.15, 0.2) is 48.5 Å². The van der Waals surface area contributed by atoms with Gasteiger partial charge in [0.2, 0.25) is 11.8 Å². The highest BCUT2D eigenvalue weighted by molar-refractivity contribution is 5.85. The second kappa shape index (κ2) is 8.56. The standard InChI is InChI=1S/C21H22N2O5/c1-13(24)22-17(14-5-3-2-4-6-14)12-19(25)23-20(21(26)27)16-7-8-18-15(11-16)9-10-28-18/h2-8,11,17,20H,9-10,12H2,1H3,(H,22,24)(H,23,25)(H,26,27). The van der Waals surface area contributed by atoms with Crippen LogP contribution in [0.1, 0.15) is 42.1 Å². The minimum Gasteiger partial charge on any atom is -0.493 e. The highest BCUT2D eigenvalue weighted by Crippen LogP contribution is 2.28.